The second-order valence-corrected chi connectivity index (χ2v) is 8.83. The van der Waals surface area contributed by atoms with Crippen LogP contribution in [0.25, 0.3) is 0 Å². The van der Waals surface area contributed by atoms with E-state index in [1.54, 1.807) is 19.0 Å². The van der Waals surface area contributed by atoms with Gasteiger partial charge in [0, 0.05) is 39.6 Å². The van der Waals surface area contributed by atoms with Crippen LogP contribution < -0.4 is 0 Å². The number of carbonyl (C=O) groups excluding carboxylic acids is 2. The van der Waals surface area contributed by atoms with E-state index in [2.05, 4.69) is 0 Å². The van der Waals surface area contributed by atoms with Gasteiger partial charge in [-0.2, -0.15) is 13.2 Å². The van der Waals surface area contributed by atoms with Gasteiger partial charge >= 0.3 is 6.18 Å². The van der Waals surface area contributed by atoms with Crippen molar-refractivity contribution in [2.75, 3.05) is 45.2 Å². The van der Waals surface area contributed by atoms with Crippen LogP contribution in [0.4, 0.5) is 13.2 Å². The van der Waals surface area contributed by atoms with E-state index < -0.39 is 46.8 Å². The van der Waals surface area contributed by atoms with E-state index in [1.165, 1.54) is 9.80 Å². The van der Waals surface area contributed by atoms with Crippen LogP contribution in [0.2, 0.25) is 0 Å². The molecule has 2 aliphatic rings. The topological polar surface area (TPSA) is 78.0 Å². The summed E-state index contributed by atoms with van der Waals surface area (Å²) >= 11 is 0. The Labute approximate surface area is 144 Å². The van der Waals surface area contributed by atoms with Crippen LogP contribution in [0.5, 0.6) is 0 Å². The highest BCUT2D eigenvalue weighted by atomic mass is 32.2. The Morgan fingerprint density at radius 3 is 2.28 bits per heavy atom. The van der Waals surface area contributed by atoms with Crippen molar-refractivity contribution >= 4 is 21.7 Å². The van der Waals surface area contributed by atoms with Crippen molar-refractivity contribution in [3.63, 3.8) is 0 Å². The van der Waals surface area contributed by atoms with Crippen LogP contribution in [-0.4, -0.2) is 98.4 Å². The first-order valence-electron chi connectivity index (χ1n) is 7.90. The third-order valence-electron chi connectivity index (χ3n) is 4.57. The lowest BCUT2D eigenvalue weighted by Gasteiger charge is -2.43. The van der Waals surface area contributed by atoms with E-state index in [4.69, 9.17) is 0 Å². The van der Waals surface area contributed by atoms with E-state index in [-0.39, 0.29) is 37.0 Å². The van der Waals surface area contributed by atoms with Crippen LogP contribution in [-0.2, 0) is 19.4 Å². The van der Waals surface area contributed by atoms with E-state index in [0.717, 1.165) is 0 Å². The number of hydrogen-bond acceptors (Lipinski definition) is 5. The van der Waals surface area contributed by atoms with Gasteiger partial charge in [-0.15, -0.1) is 0 Å². The monoisotopic (exact) mass is 385 g/mol. The molecule has 11 heteroatoms. The molecule has 25 heavy (non-hydrogen) atoms. The molecule has 2 heterocycles. The largest absolute Gasteiger partial charge is 0.389 e. The molecule has 2 rings (SSSR count). The van der Waals surface area contributed by atoms with Gasteiger partial charge in [-0.25, -0.2) is 8.42 Å². The highest BCUT2D eigenvalue weighted by Crippen LogP contribution is 2.29. The Kier molecular flexibility index (Phi) is 5.67. The van der Waals surface area contributed by atoms with Crippen LogP contribution in [0.1, 0.15) is 12.8 Å². The van der Waals surface area contributed by atoms with Gasteiger partial charge in [-0.1, -0.05) is 0 Å². The summed E-state index contributed by atoms with van der Waals surface area (Å²) in [4.78, 5) is 28.4. The van der Waals surface area contributed by atoms with E-state index in [0.29, 0.717) is 0 Å². The smallest absolute Gasteiger partial charge is 0.348 e. The summed E-state index contributed by atoms with van der Waals surface area (Å²) in [6.07, 6.45) is -6.35. The molecule has 0 bridgehead atoms. The first kappa shape index (κ1) is 20.0. The molecule has 144 valence electrons. The van der Waals surface area contributed by atoms with Gasteiger partial charge in [0.2, 0.25) is 11.8 Å². The third-order valence-corrected chi connectivity index (χ3v) is 6.27. The summed E-state index contributed by atoms with van der Waals surface area (Å²) in [6, 6.07) is -1.26. The Bertz CT molecular complexity index is 636. The highest BCUT2D eigenvalue weighted by Gasteiger charge is 2.48. The number of hydrogen-bond donors (Lipinski definition) is 0. The van der Waals surface area contributed by atoms with Crippen LogP contribution in [0.15, 0.2) is 0 Å². The fourth-order valence-electron chi connectivity index (χ4n) is 3.24. The Hall–Kier alpha value is -1.36. The number of piperazine rings is 1. The van der Waals surface area contributed by atoms with Crippen LogP contribution in [0, 0.1) is 0 Å². The molecule has 0 N–H and O–H groups in total. The van der Waals surface area contributed by atoms with Crippen molar-refractivity contribution in [2.24, 2.45) is 0 Å². The Balaban J connectivity index is 2.11. The van der Waals surface area contributed by atoms with Crippen LogP contribution in [0.3, 0.4) is 0 Å². The van der Waals surface area contributed by atoms with Crippen molar-refractivity contribution in [1.29, 1.82) is 0 Å². The molecule has 0 aromatic carbocycles. The number of likely N-dealkylation sites (N-methyl/N-ethyl adjacent to an activating group) is 1. The number of alkyl halides is 3. The maximum Gasteiger partial charge on any atom is 0.389 e. The maximum absolute atomic E-state index is 12.3. The molecule has 0 unspecified atom stereocenters. The lowest BCUT2D eigenvalue weighted by molar-refractivity contribution is -0.152. The second kappa shape index (κ2) is 7.10. The summed E-state index contributed by atoms with van der Waals surface area (Å²) in [7, 11) is -0.239. The minimum Gasteiger partial charge on any atom is -0.348 e. The molecule has 2 fully saturated rings. The lowest BCUT2D eigenvalue weighted by Crippen LogP contribution is -2.61. The second-order valence-electron chi connectivity index (χ2n) is 6.67. The van der Waals surface area contributed by atoms with Crippen LogP contribution >= 0.6 is 0 Å². The molecule has 0 aromatic rings. The molecule has 0 aromatic heterocycles. The molecule has 0 saturated carbocycles. The molecule has 0 spiro atoms. The van der Waals surface area contributed by atoms with Crippen molar-refractivity contribution in [1.82, 2.24) is 14.7 Å². The first-order valence-corrected chi connectivity index (χ1v) is 9.72. The van der Waals surface area contributed by atoms with Crippen molar-refractivity contribution in [3.05, 3.63) is 0 Å². The molecule has 2 aliphatic heterocycles. The third kappa shape index (κ3) is 5.06. The predicted molar refractivity (Wildman–Crippen MR) is 83.5 cm³/mol. The zero-order valence-corrected chi connectivity index (χ0v) is 14.9. The minimum atomic E-state index is -4.43. The average Bonchev–Trinajstić information content (AvgIpc) is 2.79. The molecular weight excluding hydrogens is 363 g/mol. The van der Waals surface area contributed by atoms with Gasteiger partial charge in [-0.05, 0) is 0 Å². The molecule has 0 aliphatic carbocycles. The molecule has 2 amide bonds. The summed E-state index contributed by atoms with van der Waals surface area (Å²) < 4.78 is 61.0. The maximum atomic E-state index is 12.3. The fraction of sp³-hybridized carbons (Fsp3) is 0.857. The summed E-state index contributed by atoms with van der Waals surface area (Å²) in [6.45, 7) is 0.399. The summed E-state index contributed by atoms with van der Waals surface area (Å²) in [5.74, 6) is -1.35. The van der Waals surface area contributed by atoms with Gasteiger partial charge in [0.1, 0.15) is 0 Å². The van der Waals surface area contributed by atoms with Gasteiger partial charge < -0.3 is 9.80 Å². The standard InChI is InChI=1S/C14H22F3N3O4S/c1-18(2)13(22)7-19-5-6-20(12(21)3-4-14(15,16)17)11-9-25(23,24)8-10(11)19/h10-11H,3-9H2,1-2H3/t10-,11+/m0/s1. The first-order chi connectivity index (χ1) is 11.4. The van der Waals surface area contributed by atoms with E-state index in [1.807, 2.05) is 0 Å². The quantitative estimate of drug-likeness (QED) is 0.666. The average molecular weight is 385 g/mol. The Morgan fingerprint density at radius 1 is 1.12 bits per heavy atom. The van der Waals surface area contributed by atoms with Crippen molar-refractivity contribution in [2.45, 2.75) is 31.1 Å². The molecule has 0 radical (unpaired) electrons. The molecule has 2 atom stereocenters. The minimum absolute atomic E-state index is 0.0221. The fourth-order valence-corrected chi connectivity index (χ4v) is 5.25. The van der Waals surface area contributed by atoms with Gasteiger partial charge in [0.25, 0.3) is 0 Å². The normalized spacial score (nSPS) is 26.4. The number of rotatable bonds is 4. The van der Waals surface area contributed by atoms with Gasteiger partial charge in [0.05, 0.1) is 30.5 Å². The van der Waals surface area contributed by atoms with Crippen molar-refractivity contribution < 1.29 is 31.2 Å². The summed E-state index contributed by atoms with van der Waals surface area (Å²) in [5.41, 5.74) is 0. The zero-order chi connectivity index (χ0) is 19.0. The summed E-state index contributed by atoms with van der Waals surface area (Å²) in [5, 5.41) is 0. The van der Waals surface area contributed by atoms with E-state index >= 15 is 0 Å². The number of nitrogens with zero attached hydrogens (tertiary/aromatic N) is 3. The predicted octanol–water partition coefficient (Wildman–Crippen LogP) is -0.273. The number of sulfone groups is 1. The van der Waals surface area contributed by atoms with Gasteiger partial charge in [0.15, 0.2) is 9.84 Å². The van der Waals surface area contributed by atoms with Gasteiger partial charge in [-0.3, -0.25) is 14.5 Å². The number of amides is 2. The number of halogens is 3. The molecule has 2 saturated heterocycles. The van der Waals surface area contributed by atoms with Crippen molar-refractivity contribution in [3.8, 4) is 0 Å². The molecular formula is C14H22F3N3O4S. The Morgan fingerprint density at radius 2 is 1.72 bits per heavy atom. The highest BCUT2D eigenvalue weighted by molar-refractivity contribution is 7.91. The zero-order valence-electron chi connectivity index (χ0n) is 14.1. The SMILES string of the molecule is CN(C)C(=O)CN1CCN(C(=O)CCC(F)(F)F)[C@@H]2CS(=O)(=O)C[C@@H]21. The lowest BCUT2D eigenvalue weighted by atomic mass is 10.0. The number of carbonyl (C=O) groups is 2. The number of fused-ring (bicyclic) bond motifs is 1. The van der Waals surface area contributed by atoms with E-state index in [9.17, 15) is 31.2 Å². The molecule has 7 nitrogen and oxygen atoms in total.